The molecule has 118 valence electrons. The van der Waals surface area contributed by atoms with Crippen molar-refractivity contribution in [1.82, 2.24) is 14.7 Å². The molecule has 1 unspecified atom stereocenters. The minimum atomic E-state index is -3.32. The van der Waals surface area contributed by atoms with Gasteiger partial charge in [-0.05, 0) is 13.0 Å². The van der Waals surface area contributed by atoms with E-state index in [9.17, 15) is 23.5 Å². The maximum absolute atomic E-state index is 13.6. The molecule has 21 heavy (non-hydrogen) atoms. The van der Waals surface area contributed by atoms with Crippen molar-refractivity contribution in [3.05, 3.63) is 12.7 Å². The van der Waals surface area contributed by atoms with E-state index in [1.165, 1.54) is 11.0 Å². The van der Waals surface area contributed by atoms with E-state index >= 15 is 0 Å². The molecular formula is C13H19F2N3O3. The summed E-state index contributed by atoms with van der Waals surface area (Å²) in [7, 11) is 0. The Hall–Kier alpha value is -1.70. The molecule has 0 saturated carbocycles. The summed E-state index contributed by atoms with van der Waals surface area (Å²) in [5.74, 6) is -3.53. The van der Waals surface area contributed by atoms with Crippen LogP contribution in [0.15, 0.2) is 12.7 Å². The average molecular weight is 303 g/mol. The van der Waals surface area contributed by atoms with Crippen molar-refractivity contribution in [2.45, 2.75) is 18.4 Å². The smallest absolute Gasteiger partial charge is 0.320 e. The highest BCUT2D eigenvalue weighted by Gasteiger charge is 2.58. The minimum absolute atomic E-state index is 0.210. The monoisotopic (exact) mass is 303 g/mol. The van der Waals surface area contributed by atoms with E-state index in [2.05, 4.69) is 6.58 Å². The molecule has 0 aromatic carbocycles. The van der Waals surface area contributed by atoms with E-state index in [0.717, 1.165) is 11.8 Å². The normalized spacial score (nSPS) is 28.7. The number of halogens is 2. The lowest BCUT2D eigenvalue weighted by molar-refractivity contribution is -0.134. The number of aliphatic hydroxyl groups is 1. The van der Waals surface area contributed by atoms with Gasteiger partial charge < -0.3 is 19.8 Å². The molecule has 1 atom stereocenters. The van der Waals surface area contributed by atoms with Crippen molar-refractivity contribution in [3.63, 3.8) is 0 Å². The molecule has 0 bridgehead atoms. The third-order valence-corrected chi connectivity index (χ3v) is 3.98. The number of amides is 3. The van der Waals surface area contributed by atoms with Crippen molar-refractivity contribution in [2.24, 2.45) is 0 Å². The Kier molecular flexibility index (Phi) is 3.92. The Labute approximate surface area is 121 Å². The number of likely N-dealkylation sites (tertiary alicyclic amines) is 1. The van der Waals surface area contributed by atoms with Crippen LogP contribution in [0.4, 0.5) is 13.6 Å². The lowest BCUT2D eigenvalue weighted by atomic mass is 10.0. The molecule has 2 fully saturated rings. The van der Waals surface area contributed by atoms with Crippen molar-refractivity contribution in [2.75, 3.05) is 39.3 Å². The summed E-state index contributed by atoms with van der Waals surface area (Å²) in [6.45, 7) is 4.49. The molecule has 0 spiro atoms. The summed E-state index contributed by atoms with van der Waals surface area (Å²) < 4.78 is 27.2. The highest BCUT2D eigenvalue weighted by Crippen LogP contribution is 2.36. The van der Waals surface area contributed by atoms with Crippen LogP contribution in [0.25, 0.3) is 0 Å². The van der Waals surface area contributed by atoms with Crippen LogP contribution < -0.4 is 0 Å². The van der Waals surface area contributed by atoms with Gasteiger partial charge >= 0.3 is 6.03 Å². The number of urea groups is 1. The number of piperazine rings is 1. The number of hydrogen-bond acceptors (Lipinski definition) is 3. The van der Waals surface area contributed by atoms with Crippen LogP contribution in [-0.2, 0) is 4.79 Å². The van der Waals surface area contributed by atoms with E-state index in [1.54, 1.807) is 4.90 Å². The maximum atomic E-state index is 13.6. The van der Waals surface area contributed by atoms with Gasteiger partial charge in [0.05, 0.1) is 13.1 Å². The molecule has 2 aliphatic heterocycles. The summed E-state index contributed by atoms with van der Waals surface area (Å²) in [6.07, 6.45) is 1.20. The van der Waals surface area contributed by atoms with Crippen molar-refractivity contribution in [1.29, 1.82) is 0 Å². The van der Waals surface area contributed by atoms with Crippen LogP contribution in [-0.4, -0.2) is 82.5 Å². The first-order chi connectivity index (χ1) is 9.68. The first-order valence-electron chi connectivity index (χ1n) is 6.73. The van der Waals surface area contributed by atoms with Crippen LogP contribution in [0.5, 0.6) is 0 Å². The predicted octanol–water partition coefficient (Wildman–Crippen LogP) is 0.139. The number of β-amino-alcohol motifs (C(OH)–C–C–N with tert-alkyl or cyclic N) is 1. The number of hydrogen-bond donors (Lipinski definition) is 1. The fourth-order valence-electron chi connectivity index (χ4n) is 2.54. The second-order valence-corrected chi connectivity index (χ2v) is 5.63. The van der Waals surface area contributed by atoms with Gasteiger partial charge in [-0.25, -0.2) is 13.6 Å². The lowest BCUT2D eigenvalue weighted by Gasteiger charge is -2.36. The molecule has 2 heterocycles. The Bertz CT molecular complexity index is 444. The van der Waals surface area contributed by atoms with Gasteiger partial charge in [-0.2, -0.15) is 0 Å². The average Bonchev–Trinajstić information content (AvgIpc) is 2.66. The zero-order chi connectivity index (χ0) is 15.8. The molecule has 1 N–H and O–H groups in total. The molecule has 0 radical (unpaired) electrons. The Morgan fingerprint density at radius 3 is 2.05 bits per heavy atom. The van der Waals surface area contributed by atoms with Crippen molar-refractivity contribution >= 4 is 11.9 Å². The van der Waals surface area contributed by atoms with Crippen LogP contribution in [0, 0.1) is 0 Å². The topological polar surface area (TPSA) is 64.1 Å². The number of nitrogens with zero attached hydrogens (tertiary/aromatic N) is 3. The molecule has 2 aliphatic rings. The number of carbonyl (C=O) groups is 2. The van der Waals surface area contributed by atoms with Gasteiger partial charge in [0.2, 0.25) is 5.91 Å². The van der Waals surface area contributed by atoms with E-state index in [1.807, 2.05) is 0 Å². The molecule has 2 saturated heterocycles. The Morgan fingerprint density at radius 2 is 1.62 bits per heavy atom. The fourth-order valence-corrected chi connectivity index (χ4v) is 2.54. The van der Waals surface area contributed by atoms with E-state index < -0.39 is 30.6 Å². The van der Waals surface area contributed by atoms with Crippen molar-refractivity contribution in [3.8, 4) is 0 Å². The van der Waals surface area contributed by atoms with Gasteiger partial charge in [0.25, 0.3) is 5.92 Å². The first-order valence-corrected chi connectivity index (χ1v) is 6.73. The number of rotatable bonds is 1. The Morgan fingerprint density at radius 1 is 1.10 bits per heavy atom. The predicted molar refractivity (Wildman–Crippen MR) is 70.9 cm³/mol. The van der Waals surface area contributed by atoms with Crippen molar-refractivity contribution < 1.29 is 23.5 Å². The minimum Gasteiger partial charge on any atom is -0.382 e. The molecule has 8 heteroatoms. The standard InChI is InChI=1S/C13H19F2N3O3/c1-3-10(19)16-4-6-17(7-5-16)11(20)18-8-12(2,21)13(14,15)9-18/h3,21H,1,4-9H2,2H3. The summed E-state index contributed by atoms with van der Waals surface area (Å²) >= 11 is 0. The molecule has 0 aromatic heterocycles. The Balaban J connectivity index is 1.95. The summed E-state index contributed by atoms with van der Waals surface area (Å²) in [4.78, 5) is 27.6. The fraction of sp³-hybridized carbons (Fsp3) is 0.692. The number of carbonyl (C=O) groups excluding carboxylic acids is 2. The maximum Gasteiger partial charge on any atom is 0.320 e. The summed E-state index contributed by atoms with van der Waals surface area (Å²) in [5.41, 5.74) is -2.21. The van der Waals surface area contributed by atoms with Crippen LogP contribution in [0.2, 0.25) is 0 Å². The molecule has 0 aromatic rings. The van der Waals surface area contributed by atoms with Gasteiger partial charge in [0.1, 0.15) is 5.60 Å². The zero-order valence-electron chi connectivity index (χ0n) is 11.9. The van der Waals surface area contributed by atoms with Gasteiger partial charge in [-0.15, -0.1) is 0 Å². The van der Waals surface area contributed by atoms with Crippen LogP contribution >= 0.6 is 0 Å². The highest BCUT2D eigenvalue weighted by molar-refractivity contribution is 5.87. The third kappa shape index (κ3) is 2.85. The summed E-state index contributed by atoms with van der Waals surface area (Å²) in [5, 5.41) is 9.66. The SMILES string of the molecule is C=CC(=O)N1CCN(C(=O)N2CC(C)(O)C(F)(F)C2)CC1. The van der Waals surface area contributed by atoms with Gasteiger partial charge in [0.15, 0.2) is 0 Å². The van der Waals surface area contributed by atoms with Gasteiger partial charge in [-0.3, -0.25) is 4.79 Å². The van der Waals surface area contributed by atoms with E-state index in [0.29, 0.717) is 13.1 Å². The van der Waals surface area contributed by atoms with Crippen LogP contribution in [0.1, 0.15) is 6.92 Å². The largest absolute Gasteiger partial charge is 0.382 e. The number of alkyl halides is 2. The molecule has 0 aliphatic carbocycles. The van der Waals surface area contributed by atoms with Gasteiger partial charge in [0, 0.05) is 26.2 Å². The van der Waals surface area contributed by atoms with Crippen LogP contribution in [0.3, 0.4) is 0 Å². The van der Waals surface area contributed by atoms with Gasteiger partial charge in [-0.1, -0.05) is 6.58 Å². The molecule has 3 amide bonds. The third-order valence-electron chi connectivity index (χ3n) is 3.98. The second kappa shape index (κ2) is 5.25. The summed E-state index contributed by atoms with van der Waals surface area (Å²) in [6, 6.07) is -0.529. The highest BCUT2D eigenvalue weighted by atomic mass is 19.3. The quantitative estimate of drug-likeness (QED) is 0.701. The molecule has 6 nitrogen and oxygen atoms in total. The van der Waals surface area contributed by atoms with E-state index in [4.69, 9.17) is 0 Å². The second-order valence-electron chi connectivity index (χ2n) is 5.63. The molecule has 2 rings (SSSR count). The first kappa shape index (κ1) is 15.7. The lowest BCUT2D eigenvalue weighted by Crippen LogP contribution is -2.53. The molecular weight excluding hydrogens is 284 g/mol. The van der Waals surface area contributed by atoms with E-state index in [-0.39, 0.29) is 19.0 Å². The zero-order valence-corrected chi connectivity index (χ0v) is 11.9.